The number of carbonyl (C=O) groups is 1. The Hall–Kier alpha value is -2.68. The van der Waals surface area contributed by atoms with E-state index in [9.17, 15) is 9.18 Å². The largest absolute Gasteiger partial charge is 0.494 e. The van der Waals surface area contributed by atoms with E-state index < -0.39 is 0 Å². The van der Waals surface area contributed by atoms with E-state index in [2.05, 4.69) is 9.97 Å². The number of hydrogen-bond acceptors (Lipinski definition) is 5. The molecule has 2 heterocycles. The normalized spacial score (nSPS) is 10.7. The molecule has 2 aromatic carbocycles. The van der Waals surface area contributed by atoms with Gasteiger partial charge in [0.25, 0.3) is 0 Å². The number of amides is 1. The first-order chi connectivity index (χ1) is 15.0. The predicted octanol–water partition coefficient (Wildman–Crippen LogP) is 5.38. The molecule has 2 aromatic heterocycles. The highest BCUT2D eigenvalue weighted by atomic mass is 35.5. The van der Waals surface area contributed by atoms with Crippen molar-refractivity contribution >= 4 is 56.6 Å². The molecule has 0 aliphatic rings. The van der Waals surface area contributed by atoms with Crippen LogP contribution in [-0.2, 0) is 17.8 Å². The average molecular weight is 495 g/mol. The van der Waals surface area contributed by atoms with Crippen LogP contribution in [0.5, 0.6) is 5.75 Å². The van der Waals surface area contributed by atoms with Crippen molar-refractivity contribution in [2.24, 2.45) is 0 Å². The number of ether oxygens (including phenoxy) is 1. The first-order valence-electron chi connectivity index (χ1n) is 9.68. The monoisotopic (exact) mass is 494 g/mol. The van der Waals surface area contributed by atoms with Crippen molar-refractivity contribution in [2.45, 2.75) is 19.4 Å². The number of aromatic nitrogens is 3. The zero-order valence-corrected chi connectivity index (χ0v) is 19.6. The van der Waals surface area contributed by atoms with E-state index in [0.717, 1.165) is 16.8 Å². The fraction of sp³-hybridized carbons (Fsp3) is 0.227. The SMILES string of the molecule is COc1ccc(Cl)c2sc(N(CCCn3ccnc3)C(=O)Cc3ccc(F)cc3)nc12.Cl. The molecular formula is C22H21Cl2FN4O2S. The van der Waals surface area contributed by atoms with Gasteiger partial charge in [-0.1, -0.05) is 35.1 Å². The van der Waals surface area contributed by atoms with Crippen LogP contribution in [0.1, 0.15) is 12.0 Å². The van der Waals surface area contributed by atoms with Crippen molar-refractivity contribution in [3.05, 3.63) is 71.5 Å². The summed E-state index contributed by atoms with van der Waals surface area (Å²) < 4.78 is 21.4. The maximum Gasteiger partial charge on any atom is 0.233 e. The number of hydrogen-bond donors (Lipinski definition) is 0. The van der Waals surface area contributed by atoms with Crippen LogP contribution in [-0.4, -0.2) is 34.1 Å². The fourth-order valence-electron chi connectivity index (χ4n) is 3.25. The third kappa shape index (κ3) is 5.38. The van der Waals surface area contributed by atoms with Crippen LogP contribution in [0.4, 0.5) is 9.52 Å². The number of methoxy groups -OCH3 is 1. The number of rotatable bonds is 8. The van der Waals surface area contributed by atoms with E-state index in [1.54, 1.807) is 48.8 Å². The number of benzene rings is 2. The molecule has 168 valence electrons. The Morgan fingerprint density at radius 2 is 2.03 bits per heavy atom. The van der Waals surface area contributed by atoms with Gasteiger partial charge >= 0.3 is 0 Å². The van der Waals surface area contributed by atoms with Gasteiger partial charge in [0.15, 0.2) is 5.13 Å². The third-order valence-electron chi connectivity index (χ3n) is 4.82. The van der Waals surface area contributed by atoms with Gasteiger partial charge in [-0.05, 0) is 36.2 Å². The number of anilines is 1. The first-order valence-corrected chi connectivity index (χ1v) is 10.9. The Morgan fingerprint density at radius 1 is 1.25 bits per heavy atom. The molecular weight excluding hydrogens is 474 g/mol. The summed E-state index contributed by atoms with van der Waals surface area (Å²) in [6.45, 7) is 1.19. The van der Waals surface area contributed by atoms with Crippen molar-refractivity contribution in [1.82, 2.24) is 14.5 Å². The van der Waals surface area contributed by atoms with Crippen LogP contribution in [0, 0.1) is 5.82 Å². The summed E-state index contributed by atoms with van der Waals surface area (Å²) in [6.07, 6.45) is 6.21. The second-order valence-electron chi connectivity index (χ2n) is 6.93. The zero-order valence-electron chi connectivity index (χ0n) is 17.2. The molecule has 0 aliphatic carbocycles. The van der Waals surface area contributed by atoms with E-state index in [4.69, 9.17) is 16.3 Å². The second kappa shape index (κ2) is 10.8. The van der Waals surface area contributed by atoms with E-state index in [1.165, 1.54) is 23.5 Å². The second-order valence-corrected chi connectivity index (χ2v) is 8.31. The molecule has 0 bridgehead atoms. The molecule has 0 fully saturated rings. The predicted molar refractivity (Wildman–Crippen MR) is 128 cm³/mol. The summed E-state index contributed by atoms with van der Waals surface area (Å²) in [4.78, 5) is 23.6. The van der Waals surface area contributed by atoms with Crippen molar-refractivity contribution < 1.29 is 13.9 Å². The molecule has 0 saturated heterocycles. The summed E-state index contributed by atoms with van der Waals surface area (Å²) >= 11 is 7.72. The Bertz CT molecular complexity index is 1180. The van der Waals surface area contributed by atoms with Gasteiger partial charge in [-0.15, -0.1) is 12.4 Å². The lowest BCUT2D eigenvalue weighted by molar-refractivity contribution is -0.118. The van der Waals surface area contributed by atoms with Crippen LogP contribution in [0.3, 0.4) is 0 Å². The van der Waals surface area contributed by atoms with E-state index in [-0.39, 0.29) is 30.6 Å². The number of fused-ring (bicyclic) bond motifs is 1. The number of carbonyl (C=O) groups excluding carboxylic acids is 1. The fourth-order valence-corrected chi connectivity index (χ4v) is 4.55. The lowest BCUT2D eigenvalue weighted by Gasteiger charge is -2.20. The molecule has 0 unspecified atom stereocenters. The third-order valence-corrected chi connectivity index (χ3v) is 6.36. The first kappa shape index (κ1) is 24.0. The molecule has 10 heteroatoms. The van der Waals surface area contributed by atoms with Crippen LogP contribution < -0.4 is 9.64 Å². The van der Waals surface area contributed by atoms with Gasteiger partial charge in [-0.25, -0.2) is 14.4 Å². The van der Waals surface area contributed by atoms with Gasteiger partial charge in [0.1, 0.15) is 17.1 Å². The van der Waals surface area contributed by atoms with Gasteiger partial charge < -0.3 is 9.30 Å². The summed E-state index contributed by atoms with van der Waals surface area (Å²) in [5.74, 6) is 0.152. The van der Waals surface area contributed by atoms with E-state index in [1.807, 2.05) is 10.8 Å². The number of imidazole rings is 1. The zero-order chi connectivity index (χ0) is 21.8. The molecule has 1 amide bonds. The van der Waals surface area contributed by atoms with Gasteiger partial charge in [0, 0.05) is 25.5 Å². The number of thiazole rings is 1. The minimum atomic E-state index is -0.332. The van der Waals surface area contributed by atoms with Crippen molar-refractivity contribution in [3.8, 4) is 5.75 Å². The Balaban J connectivity index is 0.00000289. The average Bonchev–Trinajstić information content (AvgIpc) is 3.44. The minimum Gasteiger partial charge on any atom is -0.494 e. The maximum atomic E-state index is 13.2. The lowest BCUT2D eigenvalue weighted by atomic mass is 10.1. The Labute approximate surface area is 200 Å². The smallest absolute Gasteiger partial charge is 0.233 e. The molecule has 0 atom stereocenters. The van der Waals surface area contributed by atoms with Crippen molar-refractivity contribution in [2.75, 3.05) is 18.6 Å². The summed E-state index contributed by atoms with van der Waals surface area (Å²) in [5.41, 5.74) is 1.37. The molecule has 4 aromatic rings. The van der Waals surface area contributed by atoms with E-state index in [0.29, 0.717) is 34.4 Å². The number of aryl methyl sites for hydroxylation is 1. The van der Waals surface area contributed by atoms with Crippen LogP contribution in [0.2, 0.25) is 5.02 Å². The molecule has 0 spiro atoms. The maximum absolute atomic E-state index is 13.2. The van der Waals surface area contributed by atoms with Crippen LogP contribution >= 0.6 is 35.3 Å². The summed E-state index contributed by atoms with van der Waals surface area (Å²) in [5, 5.41) is 1.11. The quantitative estimate of drug-likeness (QED) is 0.329. The van der Waals surface area contributed by atoms with Gasteiger partial charge in [-0.2, -0.15) is 0 Å². The lowest BCUT2D eigenvalue weighted by Crippen LogP contribution is -2.33. The minimum absolute atomic E-state index is 0. The topological polar surface area (TPSA) is 60.2 Å². The number of halogens is 3. The molecule has 32 heavy (non-hydrogen) atoms. The Morgan fingerprint density at radius 3 is 2.72 bits per heavy atom. The highest BCUT2D eigenvalue weighted by Gasteiger charge is 2.22. The highest BCUT2D eigenvalue weighted by Crippen LogP contribution is 2.38. The molecule has 0 aliphatic heterocycles. The molecule has 4 rings (SSSR count). The van der Waals surface area contributed by atoms with E-state index >= 15 is 0 Å². The van der Waals surface area contributed by atoms with Crippen molar-refractivity contribution in [3.63, 3.8) is 0 Å². The highest BCUT2D eigenvalue weighted by molar-refractivity contribution is 7.23. The molecule has 0 radical (unpaired) electrons. The van der Waals surface area contributed by atoms with Gasteiger partial charge in [-0.3, -0.25) is 9.69 Å². The standard InChI is InChI=1S/C22H20ClFN4O2S.ClH/c1-30-18-8-7-17(23)21-20(18)26-22(31-21)28(11-2-10-27-12-9-25-14-27)19(29)13-15-3-5-16(24)6-4-15;/h3-9,12,14H,2,10-11,13H2,1H3;1H. The van der Waals surface area contributed by atoms with Crippen LogP contribution in [0.15, 0.2) is 55.1 Å². The molecule has 6 nitrogen and oxygen atoms in total. The summed E-state index contributed by atoms with van der Waals surface area (Å²) in [7, 11) is 1.57. The van der Waals surface area contributed by atoms with Gasteiger partial charge in [0.2, 0.25) is 5.91 Å². The number of nitrogens with zero attached hydrogens (tertiary/aromatic N) is 4. The van der Waals surface area contributed by atoms with Crippen molar-refractivity contribution in [1.29, 1.82) is 0 Å². The summed E-state index contributed by atoms with van der Waals surface area (Å²) in [6, 6.07) is 9.47. The molecule has 0 N–H and O–H groups in total. The van der Waals surface area contributed by atoms with Crippen LogP contribution in [0.25, 0.3) is 10.2 Å². The molecule has 0 saturated carbocycles. The Kier molecular flexibility index (Phi) is 8.06. The van der Waals surface area contributed by atoms with Gasteiger partial charge in [0.05, 0.1) is 29.6 Å².